The molecular formula is C25H20Cl2N4O2S3. The molecule has 0 aliphatic rings. The van der Waals surface area contributed by atoms with Crippen LogP contribution >= 0.6 is 47.0 Å². The largest absolute Gasteiger partial charge is 0.340 e. The first-order valence-electron chi connectivity index (χ1n) is 10.6. The van der Waals surface area contributed by atoms with E-state index in [2.05, 4.69) is 15.3 Å². The number of nitrogens with one attached hydrogen (secondary N) is 1. The SMILES string of the molecule is Cc1ccc(N/C(=N/c2nc(=S)n(C(=C(Cl)Cl)S(=O)(=O)c3ccc(C)cc3)s2)c2ccccc2)cc1. The van der Waals surface area contributed by atoms with Gasteiger partial charge in [-0.25, -0.2) is 12.4 Å². The van der Waals surface area contributed by atoms with Crippen molar-refractivity contribution in [2.24, 2.45) is 4.99 Å². The number of aryl methyl sites for hydroxylation is 2. The van der Waals surface area contributed by atoms with Gasteiger partial charge in [0.05, 0.1) is 4.90 Å². The molecule has 0 radical (unpaired) electrons. The highest BCUT2D eigenvalue weighted by Gasteiger charge is 2.28. The zero-order chi connectivity index (χ0) is 25.9. The predicted molar refractivity (Wildman–Crippen MR) is 152 cm³/mol. The number of aromatic nitrogens is 2. The predicted octanol–water partition coefficient (Wildman–Crippen LogP) is 7.52. The smallest absolute Gasteiger partial charge is 0.230 e. The monoisotopic (exact) mass is 574 g/mol. The van der Waals surface area contributed by atoms with Gasteiger partial charge in [-0.05, 0) is 61.9 Å². The standard InChI is InChI=1S/C25H20Cl2N4O2S3/c1-16-8-12-19(13-9-16)28-22(18-6-4-3-5-7-18)29-24-30-25(34)31(35-24)23(21(26)27)36(32,33)20-14-10-17(2)11-15-20/h3-15H,1-2H3,(H,28,29,30,34). The van der Waals surface area contributed by atoms with Crippen molar-refractivity contribution in [2.75, 3.05) is 5.32 Å². The Morgan fingerprint density at radius 3 is 2.11 bits per heavy atom. The van der Waals surface area contributed by atoms with Gasteiger partial charge in [0.25, 0.3) is 0 Å². The second-order valence-electron chi connectivity index (χ2n) is 7.76. The summed E-state index contributed by atoms with van der Waals surface area (Å²) in [5, 5.41) is 3.16. The maximum Gasteiger partial charge on any atom is 0.230 e. The molecule has 0 aliphatic carbocycles. The summed E-state index contributed by atoms with van der Waals surface area (Å²) < 4.78 is 27.5. The maximum absolute atomic E-state index is 13.4. The number of benzene rings is 3. The van der Waals surface area contributed by atoms with Crippen LogP contribution in [-0.2, 0) is 9.84 Å². The molecule has 1 N–H and O–H groups in total. The quantitative estimate of drug-likeness (QED) is 0.146. The molecule has 0 atom stereocenters. The van der Waals surface area contributed by atoms with Crippen LogP contribution in [0.2, 0.25) is 0 Å². The van der Waals surface area contributed by atoms with E-state index in [0.717, 1.165) is 33.9 Å². The minimum atomic E-state index is -4.09. The van der Waals surface area contributed by atoms with E-state index in [1.54, 1.807) is 12.1 Å². The van der Waals surface area contributed by atoms with Gasteiger partial charge in [0.2, 0.25) is 19.7 Å². The summed E-state index contributed by atoms with van der Waals surface area (Å²) in [6.45, 7) is 3.87. The Morgan fingerprint density at radius 1 is 0.944 bits per heavy atom. The van der Waals surface area contributed by atoms with Crippen LogP contribution in [0.1, 0.15) is 16.7 Å². The van der Waals surface area contributed by atoms with Crippen molar-refractivity contribution >= 4 is 78.5 Å². The number of halogens is 2. The van der Waals surface area contributed by atoms with E-state index in [1.165, 1.54) is 16.1 Å². The van der Waals surface area contributed by atoms with E-state index in [-0.39, 0.29) is 19.8 Å². The lowest BCUT2D eigenvalue weighted by atomic mass is 10.2. The Balaban J connectivity index is 1.79. The fourth-order valence-corrected chi connectivity index (χ4v) is 6.82. The molecule has 0 bridgehead atoms. The van der Waals surface area contributed by atoms with Crippen LogP contribution in [0.25, 0.3) is 5.03 Å². The van der Waals surface area contributed by atoms with Gasteiger partial charge in [-0.15, -0.1) is 0 Å². The lowest BCUT2D eigenvalue weighted by Gasteiger charge is -2.10. The number of hydrogen-bond donors (Lipinski definition) is 1. The van der Waals surface area contributed by atoms with Crippen LogP contribution in [0.5, 0.6) is 0 Å². The summed E-state index contributed by atoms with van der Waals surface area (Å²) in [6, 6.07) is 23.7. The van der Waals surface area contributed by atoms with Crippen LogP contribution in [-0.4, -0.2) is 23.2 Å². The van der Waals surface area contributed by atoms with Crippen molar-refractivity contribution in [1.29, 1.82) is 0 Å². The Kier molecular flexibility index (Phi) is 8.07. The highest BCUT2D eigenvalue weighted by Crippen LogP contribution is 2.34. The van der Waals surface area contributed by atoms with Gasteiger partial charge >= 0.3 is 0 Å². The van der Waals surface area contributed by atoms with E-state index >= 15 is 0 Å². The molecule has 6 nitrogen and oxygen atoms in total. The van der Waals surface area contributed by atoms with Gasteiger partial charge in [0.1, 0.15) is 10.3 Å². The molecule has 4 aromatic rings. The van der Waals surface area contributed by atoms with Crippen molar-refractivity contribution < 1.29 is 8.42 Å². The second-order valence-corrected chi connectivity index (χ2v) is 11.9. The molecule has 0 saturated heterocycles. The molecule has 4 rings (SSSR count). The lowest BCUT2D eigenvalue weighted by Crippen LogP contribution is -2.13. The van der Waals surface area contributed by atoms with Gasteiger partial charge in [0, 0.05) is 11.3 Å². The van der Waals surface area contributed by atoms with Crippen molar-refractivity contribution in [3.63, 3.8) is 0 Å². The van der Waals surface area contributed by atoms with Gasteiger partial charge < -0.3 is 5.32 Å². The van der Waals surface area contributed by atoms with Crippen LogP contribution < -0.4 is 5.32 Å². The summed E-state index contributed by atoms with van der Waals surface area (Å²) >= 11 is 18.5. The Bertz CT molecular complexity index is 1600. The molecule has 1 aromatic heterocycles. The third kappa shape index (κ3) is 5.93. The van der Waals surface area contributed by atoms with Crippen LogP contribution in [0.3, 0.4) is 0 Å². The molecule has 184 valence electrons. The molecule has 0 amide bonds. The van der Waals surface area contributed by atoms with E-state index in [0.29, 0.717) is 5.84 Å². The first-order chi connectivity index (χ1) is 17.1. The van der Waals surface area contributed by atoms with Gasteiger partial charge in [-0.1, -0.05) is 88.9 Å². The number of sulfone groups is 1. The molecule has 1 heterocycles. The van der Waals surface area contributed by atoms with E-state index in [1.807, 2.05) is 68.4 Å². The zero-order valence-electron chi connectivity index (χ0n) is 19.1. The highest BCUT2D eigenvalue weighted by atomic mass is 35.5. The summed E-state index contributed by atoms with van der Waals surface area (Å²) in [6.07, 6.45) is 0. The van der Waals surface area contributed by atoms with Crippen molar-refractivity contribution in [2.45, 2.75) is 18.7 Å². The number of hydrogen-bond acceptors (Lipinski definition) is 6. The molecular weight excluding hydrogens is 555 g/mol. The van der Waals surface area contributed by atoms with E-state index in [4.69, 9.17) is 35.4 Å². The first kappa shape index (κ1) is 26.2. The maximum atomic E-state index is 13.4. The summed E-state index contributed by atoms with van der Waals surface area (Å²) in [7, 11) is -4.09. The normalized spacial score (nSPS) is 11.8. The number of rotatable bonds is 6. The van der Waals surface area contributed by atoms with E-state index < -0.39 is 14.3 Å². The molecule has 0 saturated carbocycles. The molecule has 0 spiro atoms. The topological polar surface area (TPSA) is 76.3 Å². The second kappa shape index (κ2) is 11.1. The number of nitrogens with zero attached hydrogens (tertiary/aromatic N) is 3. The first-order valence-corrected chi connectivity index (χ1v) is 14.0. The Labute approximate surface area is 228 Å². The molecule has 11 heteroatoms. The molecule has 36 heavy (non-hydrogen) atoms. The molecule has 0 fully saturated rings. The van der Waals surface area contributed by atoms with E-state index in [9.17, 15) is 8.42 Å². The van der Waals surface area contributed by atoms with Gasteiger partial charge in [0.15, 0.2) is 5.03 Å². The summed E-state index contributed by atoms with van der Waals surface area (Å²) in [4.78, 5) is 9.00. The Hall–Kier alpha value is -2.82. The van der Waals surface area contributed by atoms with Crippen molar-refractivity contribution in [1.82, 2.24) is 8.94 Å². The van der Waals surface area contributed by atoms with Crippen LogP contribution in [0.15, 0.2) is 93.2 Å². The molecule has 0 aliphatic heterocycles. The Morgan fingerprint density at radius 2 is 1.53 bits per heavy atom. The minimum absolute atomic E-state index is 0.0354. The fraction of sp³-hybridized carbons (Fsp3) is 0.0800. The minimum Gasteiger partial charge on any atom is -0.340 e. The summed E-state index contributed by atoms with van der Waals surface area (Å²) in [5.74, 6) is 0.513. The average Bonchev–Trinajstić information content (AvgIpc) is 3.19. The molecule has 3 aromatic carbocycles. The van der Waals surface area contributed by atoms with Crippen molar-refractivity contribution in [3.05, 3.63) is 105 Å². The number of anilines is 1. The van der Waals surface area contributed by atoms with Gasteiger partial charge in [-0.3, -0.25) is 0 Å². The fourth-order valence-electron chi connectivity index (χ4n) is 3.19. The number of amidine groups is 1. The lowest BCUT2D eigenvalue weighted by molar-refractivity contribution is 0.604. The average molecular weight is 576 g/mol. The third-order valence-corrected chi connectivity index (χ3v) is 8.80. The third-order valence-electron chi connectivity index (χ3n) is 5.04. The highest BCUT2D eigenvalue weighted by molar-refractivity contribution is 8.00. The van der Waals surface area contributed by atoms with Crippen LogP contribution in [0.4, 0.5) is 10.8 Å². The summed E-state index contributed by atoms with van der Waals surface area (Å²) in [5.41, 5.74) is 3.68. The van der Waals surface area contributed by atoms with Gasteiger partial charge in [-0.2, -0.15) is 9.98 Å². The zero-order valence-corrected chi connectivity index (χ0v) is 23.1. The van der Waals surface area contributed by atoms with Crippen molar-refractivity contribution in [3.8, 4) is 0 Å². The molecule has 0 unspecified atom stereocenters. The van der Waals surface area contributed by atoms with Crippen LogP contribution in [0, 0.1) is 18.6 Å². The number of aliphatic imine (C=N–C) groups is 1.